The first-order valence-corrected chi connectivity index (χ1v) is 6.47. The number of benzene rings is 1. The maximum atomic E-state index is 12.4. The van der Waals surface area contributed by atoms with Gasteiger partial charge in [0.2, 0.25) is 0 Å². The van der Waals surface area contributed by atoms with Gasteiger partial charge >= 0.3 is 0 Å². The van der Waals surface area contributed by atoms with Gasteiger partial charge in [-0.15, -0.1) is 12.4 Å². The molecule has 2 aliphatic rings. The van der Waals surface area contributed by atoms with E-state index in [4.69, 9.17) is 0 Å². The van der Waals surface area contributed by atoms with Crippen molar-refractivity contribution in [3.05, 3.63) is 29.3 Å². The van der Waals surface area contributed by atoms with Crippen LogP contribution in [0.2, 0.25) is 0 Å². The van der Waals surface area contributed by atoms with Gasteiger partial charge in [-0.05, 0) is 49.9 Å². The van der Waals surface area contributed by atoms with Crippen LogP contribution in [0.5, 0.6) is 0 Å². The number of nitrogens with zero attached hydrogens (tertiary/aromatic N) is 1. The minimum Gasteiger partial charge on any atom is -0.384 e. The SMILES string of the molecule is CCN(C(=O)c1ccc2c(c1)CCN2)C1CC1.Cl. The Kier molecular flexibility index (Phi) is 3.81. The Bertz CT molecular complexity index is 457. The van der Waals surface area contributed by atoms with Crippen molar-refractivity contribution in [1.29, 1.82) is 0 Å². The third-order valence-corrected chi connectivity index (χ3v) is 3.65. The molecule has 4 heteroatoms. The molecule has 1 aliphatic heterocycles. The van der Waals surface area contributed by atoms with Crippen molar-refractivity contribution < 1.29 is 4.79 Å². The van der Waals surface area contributed by atoms with Gasteiger partial charge in [0.05, 0.1) is 0 Å². The summed E-state index contributed by atoms with van der Waals surface area (Å²) in [5.41, 5.74) is 3.32. The van der Waals surface area contributed by atoms with Crippen LogP contribution in [0, 0.1) is 0 Å². The first-order valence-electron chi connectivity index (χ1n) is 6.47. The number of nitrogens with one attached hydrogen (secondary N) is 1. The Morgan fingerprint density at radius 3 is 2.89 bits per heavy atom. The van der Waals surface area contributed by atoms with E-state index in [1.54, 1.807) is 0 Å². The molecule has 1 amide bonds. The summed E-state index contributed by atoms with van der Waals surface area (Å²) in [5.74, 6) is 0.199. The van der Waals surface area contributed by atoms with Crippen molar-refractivity contribution in [3.8, 4) is 0 Å². The summed E-state index contributed by atoms with van der Waals surface area (Å²) in [6.07, 6.45) is 3.38. The Labute approximate surface area is 114 Å². The quantitative estimate of drug-likeness (QED) is 0.912. The molecular weight excluding hydrogens is 248 g/mol. The number of anilines is 1. The number of fused-ring (bicyclic) bond motifs is 1. The van der Waals surface area contributed by atoms with Crippen molar-refractivity contribution in [2.45, 2.75) is 32.2 Å². The Morgan fingerprint density at radius 2 is 2.22 bits per heavy atom. The van der Waals surface area contributed by atoms with Crippen LogP contribution in [0.1, 0.15) is 35.7 Å². The molecule has 3 nitrogen and oxygen atoms in total. The molecule has 1 aromatic carbocycles. The standard InChI is InChI=1S/C14H18N2O.ClH/c1-2-16(12-4-5-12)14(17)11-3-6-13-10(9-11)7-8-15-13;/h3,6,9,12,15H,2,4-5,7-8H2,1H3;1H. The number of carbonyl (C=O) groups is 1. The summed E-state index contributed by atoms with van der Waals surface area (Å²) in [7, 11) is 0. The number of hydrogen-bond donors (Lipinski definition) is 1. The minimum atomic E-state index is 0. The van der Waals surface area contributed by atoms with E-state index >= 15 is 0 Å². The lowest BCUT2D eigenvalue weighted by Gasteiger charge is -2.20. The summed E-state index contributed by atoms with van der Waals surface area (Å²) in [5, 5.41) is 3.32. The second-order valence-corrected chi connectivity index (χ2v) is 4.87. The maximum absolute atomic E-state index is 12.4. The molecule has 1 fully saturated rings. The topological polar surface area (TPSA) is 32.3 Å². The van der Waals surface area contributed by atoms with Crippen LogP contribution in [0.15, 0.2) is 18.2 Å². The number of rotatable bonds is 3. The van der Waals surface area contributed by atoms with Crippen LogP contribution < -0.4 is 5.32 Å². The van der Waals surface area contributed by atoms with Crippen molar-refractivity contribution in [2.24, 2.45) is 0 Å². The van der Waals surface area contributed by atoms with Gasteiger partial charge in [-0.3, -0.25) is 4.79 Å². The molecule has 0 saturated heterocycles. The highest BCUT2D eigenvalue weighted by Gasteiger charge is 2.32. The highest BCUT2D eigenvalue weighted by atomic mass is 35.5. The summed E-state index contributed by atoms with van der Waals surface area (Å²) in [4.78, 5) is 14.4. The molecule has 0 bridgehead atoms. The van der Waals surface area contributed by atoms with Gasteiger partial charge in [0.1, 0.15) is 0 Å². The fourth-order valence-electron chi connectivity index (χ4n) is 2.56. The fourth-order valence-corrected chi connectivity index (χ4v) is 2.56. The molecule has 0 radical (unpaired) electrons. The Morgan fingerprint density at radius 1 is 1.44 bits per heavy atom. The number of carbonyl (C=O) groups excluding carboxylic acids is 1. The van der Waals surface area contributed by atoms with Gasteiger partial charge < -0.3 is 10.2 Å². The van der Waals surface area contributed by atoms with E-state index in [1.807, 2.05) is 17.0 Å². The van der Waals surface area contributed by atoms with E-state index in [0.717, 1.165) is 25.1 Å². The average Bonchev–Trinajstić information content (AvgIpc) is 3.07. The molecule has 98 valence electrons. The summed E-state index contributed by atoms with van der Waals surface area (Å²) < 4.78 is 0. The second kappa shape index (κ2) is 5.19. The largest absolute Gasteiger partial charge is 0.384 e. The van der Waals surface area contributed by atoms with Gasteiger partial charge in [-0.25, -0.2) is 0 Å². The van der Waals surface area contributed by atoms with Crippen LogP contribution in [0.25, 0.3) is 0 Å². The monoisotopic (exact) mass is 266 g/mol. The van der Waals surface area contributed by atoms with Crippen LogP contribution in [-0.2, 0) is 6.42 Å². The summed E-state index contributed by atoms with van der Waals surface area (Å²) in [6, 6.07) is 6.54. The zero-order chi connectivity index (χ0) is 11.8. The molecular formula is C14H19ClN2O. The third-order valence-electron chi connectivity index (χ3n) is 3.65. The molecule has 3 rings (SSSR count). The van der Waals surface area contributed by atoms with E-state index < -0.39 is 0 Å². The van der Waals surface area contributed by atoms with Crippen LogP contribution in [-0.4, -0.2) is 29.9 Å². The normalized spacial score (nSPS) is 16.5. The van der Waals surface area contributed by atoms with Crippen molar-refractivity contribution >= 4 is 24.0 Å². The van der Waals surface area contributed by atoms with E-state index in [-0.39, 0.29) is 18.3 Å². The first kappa shape index (κ1) is 13.2. The van der Waals surface area contributed by atoms with Crippen LogP contribution >= 0.6 is 12.4 Å². The minimum absolute atomic E-state index is 0. The predicted molar refractivity (Wildman–Crippen MR) is 75.6 cm³/mol. The molecule has 0 unspecified atom stereocenters. The van der Waals surface area contributed by atoms with Crippen LogP contribution in [0.3, 0.4) is 0 Å². The lowest BCUT2D eigenvalue weighted by atomic mass is 10.1. The van der Waals surface area contributed by atoms with Gasteiger partial charge in [-0.2, -0.15) is 0 Å². The molecule has 0 atom stereocenters. The van der Waals surface area contributed by atoms with Gasteiger partial charge in [-0.1, -0.05) is 0 Å². The molecule has 18 heavy (non-hydrogen) atoms. The van der Waals surface area contributed by atoms with Crippen LogP contribution in [0.4, 0.5) is 5.69 Å². The predicted octanol–water partition coefficient (Wildman–Crippen LogP) is 2.70. The smallest absolute Gasteiger partial charge is 0.254 e. The van der Waals surface area contributed by atoms with E-state index in [0.29, 0.717) is 6.04 Å². The number of halogens is 1. The van der Waals surface area contributed by atoms with E-state index in [2.05, 4.69) is 18.3 Å². The highest BCUT2D eigenvalue weighted by molar-refractivity contribution is 5.95. The third kappa shape index (κ3) is 2.32. The Balaban J connectivity index is 0.00000120. The van der Waals surface area contributed by atoms with Crippen molar-refractivity contribution in [1.82, 2.24) is 4.90 Å². The van der Waals surface area contributed by atoms with Gasteiger partial charge in [0.25, 0.3) is 5.91 Å². The summed E-state index contributed by atoms with van der Waals surface area (Å²) in [6.45, 7) is 3.87. The van der Waals surface area contributed by atoms with Crippen molar-refractivity contribution in [2.75, 3.05) is 18.4 Å². The fraction of sp³-hybridized carbons (Fsp3) is 0.500. The number of hydrogen-bond acceptors (Lipinski definition) is 2. The first-order chi connectivity index (χ1) is 8.29. The van der Waals surface area contributed by atoms with Crippen molar-refractivity contribution in [3.63, 3.8) is 0 Å². The summed E-state index contributed by atoms with van der Waals surface area (Å²) >= 11 is 0. The molecule has 1 saturated carbocycles. The molecule has 1 N–H and O–H groups in total. The van der Waals surface area contributed by atoms with E-state index in [9.17, 15) is 4.79 Å². The highest BCUT2D eigenvalue weighted by Crippen LogP contribution is 2.29. The lowest BCUT2D eigenvalue weighted by Crippen LogP contribution is -2.32. The molecule has 1 aromatic rings. The maximum Gasteiger partial charge on any atom is 0.254 e. The average molecular weight is 267 g/mol. The van der Waals surface area contributed by atoms with Gasteiger partial charge in [0, 0.05) is 30.4 Å². The molecule has 0 aromatic heterocycles. The molecule has 1 heterocycles. The van der Waals surface area contributed by atoms with Gasteiger partial charge in [0.15, 0.2) is 0 Å². The zero-order valence-corrected chi connectivity index (χ0v) is 11.4. The number of amides is 1. The zero-order valence-electron chi connectivity index (χ0n) is 10.6. The second-order valence-electron chi connectivity index (χ2n) is 4.87. The molecule has 0 spiro atoms. The van der Waals surface area contributed by atoms with E-state index in [1.165, 1.54) is 24.1 Å². The lowest BCUT2D eigenvalue weighted by molar-refractivity contribution is 0.0752. The Hall–Kier alpha value is -1.22. The molecule has 1 aliphatic carbocycles.